The second-order valence-corrected chi connectivity index (χ2v) is 3.00. The van der Waals surface area contributed by atoms with Crippen LogP contribution in [0.3, 0.4) is 0 Å². The molecule has 0 bridgehead atoms. The monoisotopic (exact) mass is 258 g/mol. The van der Waals surface area contributed by atoms with Crippen molar-refractivity contribution in [2.75, 3.05) is 0 Å². The van der Waals surface area contributed by atoms with Crippen LogP contribution in [0.4, 0.5) is 0 Å². The van der Waals surface area contributed by atoms with Crippen molar-refractivity contribution in [2.45, 2.75) is 0 Å². The fourth-order valence-corrected chi connectivity index (χ4v) is 0.983. The van der Waals surface area contributed by atoms with Crippen LogP contribution in [0.5, 0.6) is 0 Å². The molecule has 0 aliphatic heterocycles. The predicted octanol–water partition coefficient (Wildman–Crippen LogP) is 4.30. The van der Waals surface area contributed by atoms with Crippen LogP contribution in [0.1, 0.15) is 0 Å². The summed E-state index contributed by atoms with van der Waals surface area (Å²) in [7, 11) is 0. The van der Waals surface area contributed by atoms with E-state index < -0.39 is 0 Å². The molecule has 3 aromatic rings. The van der Waals surface area contributed by atoms with E-state index in [9.17, 15) is 0 Å². The van der Waals surface area contributed by atoms with Crippen molar-refractivity contribution in [2.24, 2.45) is 0 Å². The molecule has 1 heteroatoms. The molecule has 0 atom stereocenters. The van der Waals surface area contributed by atoms with Gasteiger partial charge in [-0.3, -0.25) is 0 Å². The van der Waals surface area contributed by atoms with Gasteiger partial charge in [-0.2, -0.15) is 72.8 Å². The zero-order chi connectivity index (χ0) is 11.3. The third kappa shape index (κ3) is 10.8. The van der Waals surface area contributed by atoms with Gasteiger partial charge in [0.2, 0.25) is 0 Å². The average Bonchev–Trinajstić information content (AvgIpc) is 3.10. The molecule has 3 aromatic carbocycles. The van der Waals surface area contributed by atoms with Crippen molar-refractivity contribution in [3.8, 4) is 0 Å². The van der Waals surface area contributed by atoms with Gasteiger partial charge in [0.05, 0.1) is 0 Å². The second kappa shape index (κ2) is 12.6. The van der Waals surface area contributed by atoms with Crippen LogP contribution in [0.25, 0.3) is 0 Å². The standard InChI is InChI=1S/C6H5.2C5H5.V/c1-2-4-6-5-3-1;2*1-2-4-5-3-1;/h1-5H;2*1-5H;/q3*-1;. The van der Waals surface area contributed by atoms with Crippen molar-refractivity contribution >= 4 is 0 Å². The third-order valence-electron chi connectivity index (χ3n) is 1.72. The molecule has 1 radical (unpaired) electrons. The molecule has 0 spiro atoms. The van der Waals surface area contributed by atoms with Gasteiger partial charge in [0.1, 0.15) is 0 Å². The predicted molar refractivity (Wildman–Crippen MR) is 69.3 cm³/mol. The van der Waals surface area contributed by atoms with Gasteiger partial charge in [-0.05, 0) is 0 Å². The average molecular weight is 258 g/mol. The maximum absolute atomic E-state index is 2.89. The maximum atomic E-state index is 2.89. The minimum Gasteiger partial charge on any atom is -0.214 e. The van der Waals surface area contributed by atoms with Crippen LogP contribution in [-0.4, -0.2) is 0 Å². The van der Waals surface area contributed by atoms with Crippen LogP contribution < -0.4 is 0 Å². The van der Waals surface area contributed by atoms with Gasteiger partial charge >= 0.3 is 0 Å². The fraction of sp³-hybridized carbons (Fsp3) is 0. The molecular formula is C16H15V-3. The Balaban J connectivity index is 0.000000221. The van der Waals surface area contributed by atoms with Crippen molar-refractivity contribution in [1.82, 2.24) is 0 Å². The molecule has 0 saturated heterocycles. The van der Waals surface area contributed by atoms with E-state index in [-0.39, 0.29) is 18.6 Å². The minimum absolute atomic E-state index is 0. The summed E-state index contributed by atoms with van der Waals surface area (Å²) in [6.45, 7) is 0. The quantitative estimate of drug-likeness (QED) is 0.527. The summed E-state index contributed by atoms with van der Waals surface area (Å²) in [6, 6.07) is 32.5. The summed E-state index contributed by atoms with van der Waals surface area (Å²) in [5.74, 6) is 0. The number of hydrogen-bond acceptors (Lipinski definition) is 0. The summed E-state index contributed by atoms with van der Waals surface area (Å²) in [4.78, 5) is 0. The van der Waals surface area contributed by atoms with E-state index >= 15 is 0 Å². The largest absolute Gasteiger partial charge is 0.214 e. The molecule has 0 amide bonds. The van der Waals surface area contributed by atoms with Gasteiger partial charge in [-0.1, -0.05) is 0 Å². The van der Waals surface area contributed by atoms with Crippen molar-refractivity contribution in [3.05, 3.63) is 97.1 Å². The molecule has 0 N–H and O–H groups in total. The van der Waals surface area contributed by atoms with Crippen LogP contribution in [0.15, 0.2) is 91.0 Å². The summed E-state index contributed by atoms with van der Waals surface area (Å²) in [5.41, 5.74) is 0. The topological polar surface area (TPSA) is 0 Å². The minimum atomic E-state index is 0. The van der Waals surface area contributed by atoms with Crippen molar-refractivity contribution in [3.63, 3.8) is 0 Å². The Bertz CT molecular complexity index is 297. The van der Waals surface area contributed by atoms with E-state index in [1.165, 1.54) is 0 Å². The Morgan fingerprint density at radius 3 is 1.06 bits per heavy atom. The Labute approximate surface area is 116 Å². The zero-order valence-corrected chi connectivity index (χ0v) is 11.0. The van der Waals surface area contributed by atoms with Gasteiger partial charge in [0, 0.05) is 18.6 Å². The van der Waals surface area contributed by atoms with Gasteiger partial charge in [-0.25, -0.2) is 24.3 Å². The van der Waals surface area contributed by atoms with Crippen LogP contribution in [0.2, 0.25) is 0 Å². The molecule has 0 fully saturated rings. The first-order valence-corrected chi connectivity index (χ1v) is 5.24. The van der Waals surface area contributed by atoms with E-state index in [1.54, 1.807) is 0 Å². The van der Waals surface area contributed by atoms with E-state index in [0.29, 0.717) is 0 Å². The molecule has 0 nitrogen and oxygen atoms in total. The van der Waals surface area contributed by atoms with Crippen molar-refractivity contribution < 1.29 is 18.6 Å². The normalized spacial score (nSPS) is 7.53. The SMILES string of the molecule is [V].[c-]1ccccc1.c1cc[cH-]c1.c1cc[cH-]c1. The molecule has 0 aliphatic rings. The molecule has 3 rings (SSSR count). The van der Waals surface area contributed by atoms with Gasteiger partial charge in [0.15, 0.2) is 0 Å². The molecule has 0 aliphatic carbocycles. The second-order valence-electron chi connectivity index (χ2n) is 3.00. The van der Waals surface area contributed by atoms with Crippen LogP contribution in [-0.2, 0) is 18.6 Å². The summed E-state index contributed by atoms with van der Waals surface area (Å²) in [6.07, 6.45) is 0. The van der Waals surface area contributed by atoms with Gasteiger partial charge < -0.3 is 0 Å². The molecule has 0 unspecified atom stereocenters. The first-order chi connectivity index (χ1) is 8.00. The van der Waals surface area contributed by atoms with E-state index in [4.69, 9.17) is 0 Å². The smallest absolute Gasteiger partial charge is 0 e. The Kier molecular flexibility index (Phi) is 11.5. The summed E-state index contributed by atoms with van der Waals surface area (Å²) >= 11 is 0. The van der Waals surface area contributed by atoms with Crippen molar-refractivity contribution in [1.29, 1.82) is 0 Å². The maximum Gasteiger partial charge on any atom is 0 e. The molecule has 17 heavy (non-hydrogen) atoms. The Hall–Kier alpha value is -1.50. The Morgan fingerprint density at radius 2 is 0.941 bits per heavy atom. The number of hydrogen-bond donors (Lipinski definition) is 0. The van der Waals surface area contributed by atoms with E-state index in [0.717, 1.165) is 0 Å². The van der Waals surface area contributed by atoms with Crippen LogP contribution >= 0.6 is 0 Å². The number of benzene rings is 1. The third-order valence-corrected chi connectivity index (χ3v) is 1.72. The molecule has 87 valence electrons. The first kappa shape index (κ1) is 15.5. The number of rotatable bonds is 0. The van der Waals surface area contributed by atoms with Gasteiger partial charge in [-0.15, -0.1) is 0 Å². The summed E-state index contributed by atoms with van der Waals surface area (Å²) < 4.78 is 0. The molecule has 0 saturated carbocycles. The van der Waals surface area contributed by atoms with Gasteiger partial charge in [0.25, 0.3) is 0 Å². The molecule has 0 heterocycles. The molecule has 0 aromatic heterocycles. The van der Waals surface area contributed by atoms with Crippen LogP contribution in [0, 0.1) is 6.07 Å². The first-order valence-electron chi connectivity index (χ1n) is 5.24. The fourth-order valence-electron chi connectivity index (χ4n) is 0.983. The van der Waals surface area contributed by atoms with E-state index in [2.05, 4.69) is 6.07 Å². The zero-order valence-electron chi connectivity index (χ0n) is 9.61. The summed E-state index contributed by atoms with van der Waals surface area (Å²) in [5, 5.41) is 0. The Morgan fingerprint density at radius 1 is 0.529 bits per heavy atom. The molecular weight excluding hydrogens is 243 g/mol. The van der Waals surface area contributed by atoms with E-state index in [1.807, 2.05) is 91.0 Å².